The molecule has 2 fully saturated rings. The predicted octanol–water partition coefficient (Wildman–Crippen LogP) is 5.12. The monoisotopic (exact) mass is 578 g/mol. The Hall–Kier alpha value is -2.40. The van der Waals surface area contributed by atoms with Crippen LogP contribution in [0.1, 0.15) is 75.5 Å². The van der Waals surface area contributed by atoms with Crippen molar-refractivity contribution in [3.05, 3.63) is 71.8 Å². The summed E-state index contributed by atoms with van der Waals surface area (Å²) in [4.78, 5) is 0. The normalized spacial score (nSPS) is 17.1. The number of hydrogen-bond acceptors (Lipinski definition) is 1. The van der Waals surface area contributed by atoms with Gasteiger partial charge in [0.15, 0.2) is 12.7 Å². The van der Waals surface area contributed by atoms with Gasteiger partial charge in [-0.2, -0.15) is 4.57 Å². The molecule has 0 spiro atoms. The summed E-state index contributed by atoms with van der Waals surface area (Å²) < 4.78 is 24.8. The molecule has 0 aliphatic heterocycles. The average molecular weight is 580 g/mol. The third-order valence-corrected chi connectivity index (χ3v) is 8.91. The second-order valence-electron chi connectivity index (χ2n) is 11.5. The van der Waals surface area contributed by atoms with Gasteiger partial charge in [-0.25, -0.2) is 4.39 Å². The van der Waals surface area contributed by atoms with E-state index >= 15 is 0 Å². The Labute approximate surface area is 236 Å². The molecule has 2 aromatic heterocycles. The first kappa shape index (κ1) is 27.2. The van der Waals surface area contributed by atoms with Crippen molar-refractivity contribution in [2.24, 2.45) is 11.8 Å². The standard InChI is InChI=1S/C33H40FN2O.BrH/c1-24-33-31(18-19-35(24)21-26-12-14-28(34)15-13-26)30-17-16-29(37-23-27-10-6-3-7-11-27)20-32(30)36(33)22-25-8-4-2-5-9-25;/h12-20,25,27H,2-11,21-23H2,1H3;1H/q+1;/p-1. The average Bonchev–Trinajstić information content (AvgIpc) is 3.24. The third-order valence-electron chi connectivity index (χ3n) is 8.91. The number of fused-ring (bicyclic) bond motifs is 3. The molecule has 0 bridgehead atoms. The maximum Gasteiger partial charge on any atom is 0.203 e. The summed E-state index contributed by atoms with van der Waals surface area (Å²) >= 11 is 0. The number of hydrogen-bond donors (Lipinski definition) is 0. The van der Waals surface area contributed by atoms with E-state index in [4.69, 9.17) is 4.74 Å². The molecule has 0 amide bonds. The van der Waals surface area contributed by atoms with Crippen molar-refractivity contribution in [1.29, 1.82) is 0 Å². The van der Waals surface area contributed by atoms with Crippen LogP contribution in [0, 0.1) is 24.6 Å². The van der Waals surface area contributed by atoms with Gasteiger partial charge < -0.3 is 26.3 Å². The Morgan fingerprint density at radius 2 is 1.53 bits per heavy atom. The van der Waals surface area contributed by atoms with Gasteiger partial charge in [-0.3, -0.25) is 0 Å². The summed E-state index contributed by atoms with van der Waals surface area (Å²) in [6, 6.07) is 15.9. The fourth-order valence-corrected chi connectivity index (χ4v) is 6.76. The lowest BCUT2D eigenvalue weighted by atomic mass is 9.89. The highest BCUT2D eigenvalue weighted by molar-refractivity contribution is 6.08. The number of nitrogens with zero attached hydrogens (tertiary/aromatic N) is 2. The van der Waals surface area contributed by atoms with E-state index in [0.29, 0.717) is 5.92 Å². The van der Waals surface area contributed by atoms with Gasteiger partial charge in [0.05, 0.1) is 12.1 Å². The second-order valence-corrected chi connectivity index (χ2v) is 11.5. The van der Waals surface area contributed by atoms with Gasteiger partial charge in [0.1, 0.15) is 17.1 Å². The van der Waals surface area contributed by atoms with Crippen LogP contribution in [-0.4, -0.2) is 11.2 Å². The Bertz CT molecular complexity index is 1370. The van der Waals surface area contributed by atoms with Crippen molar-refractivity contribution < 1.29 is 30.7 Å². The van der Waals surface area contributed by atoms with Crippen LogP contribution >= 0.6 is 0 Å². The fraction of sp³-hybridized carbons (Fsp3) is 0.485. The predicted molar refractivity (Wildman–Crippen MR) is 149 cm³/mol. The van der Waals surface area contributed by atoms with Gasteiger partial charge in [0.25, 0.3) is 0 Å². The molecule has 6 rings (SSSR count). The van der Waals surface area contributed by atoms with Crippen LogP contribution < -0.4 is 26.3 Å². The molecule has 0 radical (unpaired) electrons. The van der Waals surface area contributed by atoms with Crippen molar-refractivity contribution in [2.45, 2.75) is 84.2 Å². The molecule has 2 aliphatic carbocycles. The van der Waals surface area contributed by atoms with E-state index in [1.807, 2.05) is 12.1 Å². The minimum atomic E-state index is -0.185. The van der Waals surface area contributed by atoms with Gasteiger partial charge in [0.2, 0.25) is 5.69 Å². The van der Waals surface area contributed by atoms with Crippen LogP contribution in [0.5, 0.6) is 5.75 Å². The topological polar surface area (TPSA) is 18.0 Å². The molecule has 38 heavy (non-hydrogen) atoms. The zero-order chi connectivity index (χ0) is 25.2. The van der Waals surface area contributed by atoms with Gasteiger partial charge in [-0.1, -0.05) is 38.5 Å². The number of pyridine rings is 1. The minimum absolute atomic E-state index is 0. The van der Waals surface area contributed by atoms with E-state index in [9.17, 15) is 4.39 Å². The second kappa shape index (κ2) is 12.2. The van der Waals surface area contributed by atoms with Crippen LogP contribution in [0.2, 0.25) is 0 Å². The molecule has 3 nitrogen and oxygen atoms in total. The van der Waals surface area contributed by atoms with Gasteiger partial charge in [-0.15, -0.1) is 0 Å². The fourth-order valence-electron chi connectivity index (χ4n) is 6.76. The molecule has 2 aliphatic rings. The van der Waals surface area contributed by atoms with Gasteiger partial charge in [0, 0.05) is 41.9 Å². The molecular weight excluding hydrogens is 539 g/mol. The van der Waals surface area contributed by atoms with Crippen LogP contribution in [0.15, 0.2) is 54.7 Å². The number of aryl methyl sites for hydroxylation is 1. The zero-order valence-corrected chi connectivity index (χ0v) is 24.2. The highest BCUT2D eigenvalue weighted by Crippen LogP contribution is 2.35. The molecule has 4 aromatic rings. The summed E-state index contributed by atoms with van der Waals surface area (Å²) in [5.74, 6) is 2.24. The molecule has 202 valence electrons. The Morgan fingerprint density at radius 1 is 0.842 bits per heavy atom. The highest BCUT2D eigenvalue weighted by Gasteiger charge is 2.23. The lowest BCUT2D eigenvalue weighted by Crippen LogP contribution is -3.00. The van der Waals surface area contributed by atoms with E-state index in [2.05, 4.69) is 46.5 Å². The lowest BCUT2D eigenvalue weighted by molar-refractivity contribution is -0.693. The number of ether oxygens (including phenoxy) is 1. The van der Waals surface area contributed by atoms with Gasteiger partial charge in [-0.05, 0) is 73.9 Å². The maximum atomic E-state index is 13.5. The molecule has 0 unspecified atom stereocenters. The van der Waals surface area contributed by atoms with Crippen molar-refractivity contribution in [1.82, 2.24) is 4.57 Å². The quantitative estimate of drug-likeness (QED) is 0.278. The van der Waals surface area contributed by atoms with Crippen molar-refractivity contribution in [2.75, 3.05) is 6.61 Å². The molecule has 0 N–H and O–H groups in total. The van der Waals surface area contributed by atoms with E-state index < -0.39 is 0 Å². The minimum Gasteiger partial charge on any atom is -1.00 e. The Kier molecular flexibility index (Phi) is 8.72. The lowest BCUT2D eigenvalue weighted by Gasteiger charge is -2.23. The summed E-state index contributed by atoms with van der Waals surface area (Å²) in [6.07, 6.45) is 15.6. The van der Waals surface area contributed by atoms with E-state index in [-0.39, 0.29) is 22.8 Å². The van der Waals surface area contributed by atoms with E-state index in [1.165, 1.54) is 91.7 Å². The number of halogens is 2. The first-order valence-electron chi connectivity index (χ1n) is 14.5. The zero-order valence-electron chi connectivity index (χ0n) is 22.6. The van der Waals surface area contributed by atoms with E-state index in [1.54, 1.807) is 12.1 Å². The number of rotatable bonds is 7. The molecular formula is C33H40BrFN2O. The summed E-state index contributed by atoms with van der Waals surface area (Å²) in [5, 5.41) is 2.63. The summed E-state index contributed by atoms with van der Waals surface area (Å²) in [7, 11) is 0. The molecule has 2 heterocycles. The van der Waals surface area contributed by atoms with Crippen molar-refractivity contribution in [3.8, 4) is 5.75 Å². The summed E-state index contributed by atoms with van der Waals surface area (Å²) in [6.45, 7) is 4.88. The highest BCUT2D eigenvalue weighted by atomic mass is 79.9. The van der Waals surface area contributed by atoms with Crippen LogP contribution in [0.4, 0.5) is 4.39 Å². The van der Waals surface area contributed by atoms with Crippen LogP contribution in [0.3, 0.4) is 0 Å². The smallest absolute Gasteiger partial charge is 0.203 e. The third kappa shape index (κ3) is 5.78. The van der Waals surface area contributed by atoms with Crippen LogP contribution in [0.25, 0.3) is 21.8 Å². The summed E-state index contributed by atoms with van der Waals surface area (Å²) in [5.41, 5.74) is 5.00. The number of benzene rings is 2. The SMILES string of the molecule is Cc1c2c(cc[n+]1Cc1ccc(F)cc1)c1ccc(OCC3CCCCC3)cc1n2CC1CCCCC1.[Br-]. The molecule has 2 aromatic carbocycles. The number of aromatic nitrogens is 2. The van der Waals surface area contributed by atoms with Gasteiger partial charge >= 0.3 is 0 Å². The molecule has 5 heteroatoms. The van der Waals surface area contributed by atoms with Crippen molar-refractivity contribution >= 4 is 21.8 Å². The van der Waals surface area contributed by atoms with Crippen molar-refractivity contribution in [3.63, 3.8) is 0 Å². The van der Waals surface area contributed by atoms with Crippen LogP contribution in [-0.2, 0) is 13.1 Å². The molecule has 0 saturated heterocycles. The molecule has 0 atom stereocenters. The first-order valence-corrected chi connectivity index (χ1v) is 14.5. The molecule has 2 saturated carbocycles. The first-order chi connectivity index (χ1) is 18.2. The Balaban J connectivity index is 0.00000294. The maximum absolute atomic E-state index is 13.5. The van der Waals surface area contributed by atoms with E-state index in [0.717, 1.165) is 36.9 Å². The largest absolute Gasteiger partial charge is 1.00 e. The Morgan fingerprint density at radius 3 is 2.24 bits per heavy atom.